The maximum Gasteiger partial charge on any atom is 0.252 e. The van der Waals surface area contributed by atoms with Crippen LogP contribution in [0.15, 0.2) is 70.3 Å². The van der Waals surface area contributed by atoms with E-state index in [0.717, 1.165) is 37.0 Å². The van der Waals surface area contributed by atoms with Gasteiger partial charge < -0.3 is 0 Å². The van der Waals surface area contributed by atoms with E-state index in [9.17, 15) is 13.2 Å². The zero-order chi connectivity index (χ0) is 22.0. The SMILES string of the molecule is Cc1cccc2sc(N(Cc3ccccc3)C(=O)CN(C)S(=O)(=O)c3cccs3)nc12. The Morgan fingerprint density at radius 1 is 1.03 bits per heavy atom. The molecule has 6 nitrogen and oxygen atoms in total. The Balaban J connectivity index is 1.66. The molecule has 0 fully saturated rings. The van der Waals surface area contributed by atoms with Crippen LogP contribution >= 0.6 is 22.7 Å². The summed E-state index contributed by atoms with van der Waals surface area (Å²) in [4.78, 5) is 19.6. The second-order valence-electron chi connectivity index (χ2n) is 7.08. The Hall–Kier alpha value is -2.59. The van der Waals surface area contributed by atoms with Gasteiger partial charge in [0.1, 0.15) is 4.21 Å². The molecule has 4 rings (SSSR count). The van der Waals surface area contributed by atoms with Gasteiger partial charge in [-0.05, 0) is 35.6 Å². The average molecular weight is 472 g/mol. The number of nitrogens with zero attached hydrogens (tertiary/aromatic N) is 3. The van der Waals surface area contributed by atoms with Crippen LogP contribution in [0.1, 0.15) is 11.1 Å². The Morgan fingerprint density at radius 3 is 2.48 bits per heavy atom. The van der Waals surface area contributed by atoms with Crippen molar-refractivity contribution in [2.75, 3.05) is 18.5 Å². The van der Waals surface area contributed by atoms with Crippen molar-refractivity contribution in [3.05, 3.63) is 77.2 Å². The highest BCUT2D eigenvalue weighted by atomic mass is 32.2. The summed E-state index contributed by atoms with van der Waals surface area (Å²) in [5.41, 5.74) is 2.83. The van der Waals surface area contributed by atoms with Gasteiger partial charge in [-0.25, -0.2) is 13.4 Å². The van der Waals surface area contributed by atoms with E-state index in [1.807, 2.05) is 55.5 Å². The van der Waals surface area contributed by atoms with E-state index in [1.54, 1.807) is 22.4 Å². The van der Waals surface area contributed by atoms with Gasteiger partial charge in [-0.2, -0.15) is 4.31 Å². The second-order valence-corrected chi connectivity index (χ2v) is 11.3. The molecule has 160 valence electrons. The van der Waals surface area contributed by atoms with Gasteiger partial charge in [-0.1, -0.05) is 59.9 Å². The predicted molar refractivity (Wildman–Crippen MR) is 126 cm³/mol. The highest BCUT2D eigenvalue weighted by molar-refractivity contribution is 7.91. The quantitative estimate of drug-likeness (QED) is 0.397. The molecular weight excluding hydrogens is 450 g/mol. The number of para-hydroxylation sites is 1. The maximum atomic E-state index is 13.3. The summed E-state index contributed by atoms with van der Waals surface area (Å²) < 4.78 is 27.9. The van der Waals surface area contributed by atoms with Crippen LogP contribution < -0.4 is 4.90 Å². The number of aryl methyl sites for hydroxylation is 1. The number of carbonyl (C=O) groups excluding carboxylic acids is 1. The first-order valence-corrected chi connectivity index (χ1v) is 12.7. The summed E-state index contributed by atoms with van der Waals surface area (Å²) in [5.74, 6) is -0.330. The molecular formula is C22H21N3O3S3. The predicted octanol–water partition coefficient (Wildman–Crippen LogP) is 4.52. The lowest BCUT2D eigenvalue weighted by Gasteiger charge is -2.23. The molecule has 9 heteroatoms. The molecule has 0 radical (unpaired) electrons. The van der Waals surface area contributed by atoms with Crippen LogP contribution in [0.25, 0.3) is 10.2 Å². The van der Waals surface area contributed by atoms with Crippen molar-refractivity contribution < 1.29 is 13.2 Å². The summed E-state index contributed by atoms with van der Waals surface area (Å²) in [6.45, 7) is 2.02. The van der Waals surface area contributed by atoms with E-state index in [1.165, 1.54) is 18.4 Å². The first kappa shape index (κ1) is 21.6. The van der Waals surface area contributed by atoms with Gasteiger partial charge in [-0.15, -0.1) is 11.3 Å². The number of hydrogen-bond acceptors (Lipinski definition) is 6. The molecule has 2 aromatic heterocycles. The smallest absolute Gasteiger partial charge is 0.252 e. The third kappa shape index (κ3) is 4.54. The van der Waals surface area contributed by atoms with Crippen LogP contribution in [-0.4, -0.2) is 37.2 Å². The molecule has 0 spiro atoms. The minimum absolute atomic E-state index is 0.216. The maximum absolute atomic E-state index is 13.3. The lowest BCUT2D eigenvalue weighted by atomic mass is 10.2. The molecule has 0 bridgehead atoms. The number of amides is 1. The lowest BCUT2D eigenvalue weighted by molar-refractivity contribution is -0.118. The van der Waals surface area contributed by atoms with Gasteiger partial charge in [0.2, 0.25) is 5.91 Å². The van der Waals surface area contributed by atoms with Gasteiger partial charge >= 0.3 is 0 Å². The van der Waals surface area contributed by atoms with E-state index >= 15 is 0 Å². The summed E-state index contributed by atoms with van der Waals surface area (Å²) in [7, 11) is -2.30. The van der Waals surface area contributed by atoms with Crippen molar-refractivity contribution in [1.82, 2.24) is 9.29 Å². The zero-order valence-electron chi connectivity index (χ0n) is 17.1. The number of thiophene rings is 1. The van der Waals surface area contributed by atoms with Crippen LogP contribution in [0.2, 0.25) is 0 Å². The van der Waals surface area contributed by atoms with Crippen molar-refractivity contribution in [2.45, 2.75) is 17.7 Å². The number of likely N-dealkylation sites (N-methyl/N-ethyl adjacent to an activating group) is 1. The molecule has 0 aliphatic rings. The largest absolute Gasteiger partial charge is 0.282 e. The molecule has 4 aromatic rings. The Bertz CT molecular complexity index is 1300. The van der Waals surface area contributed by atoms with Crippen LogP contribution in [0.3, 0.4) is 0 Å². The Kier molecular flexibility index (Phi) is 6.19. The van der Waals surface area contributed by atoms with E-state index in [4.69, 9.17) is 4.98 Å². The molecule has 0 atom stereocenters. The first-order chi connectivity index (χ1) is 14.9. The summed E-state index contributed by atoms with van der Waals surface area (Å²) in [6, 6.07) is 18.7. The number of rotatable bonds is 7. The monoisotopic (exact) mass is 471 g/mol. The standard InChI is InChI=1S/C22H21N3O3S3/c1-16-8-6-11-18-21(16)23-22(30-18)25(14-17-9-4-3-5-10-17)19(26)15-24(2)31(27,28)20-12-7-13-29-20/h3-13H,14-15H2,1-2H3. The zero-order valence-corrected chi connectivity index (χ0v) is 19.5. The summed E-state index contributed by atoms with van der Waals surface area (Å²) in [6.07, 6.45) is 0. The molecule has 2 aromatic carbocycles. The van der Waals surface area contributed by atoms with E-state index in [0.29, 0.717) is 11.7 Å². The molecule has 0 aliphatic carbocycles. The molecule has 0 saturated heterocycles. The number of fused-ring (bicyclic) bond motifs is 1. The number of carbonyl (C=O) groups is 1. The number of hydrogen-bond donors (Lipinski definition) is 0. The van der Waals surface area contributed by atoms with Crippen LogP contribution in [0, 0.1) is 6.92 Å². The minimum Gasteiger partial charge on any atom is -0.282 e. The molecule has 0 N–H and O–H groups in total. The van der Waals surface area contributed by atoms with Gasteiger partial charge in [0.15, 0.2) is 5.13 Å². The van der Waals surface area contributed by atoms with Gasteiger partial charge in [0.25, 0.3) is 10.0 Å². The van der Waals surface area contributed by atoms with Crippen molar-refractivity contribution >= 4 is 54.0 Å². The fraction of sp³-hybridized carbons (Fsp3) is 0.182. The number of thiazole rings is 1. The molecule has 31 heavy (non-hydrogen) atoms. The van der Waals surface area contributed by atoms with Gasteiger partial charge in [-0.3, -0.25) is 9.69 Å². The number of sulfonamides is 1. The second kappa shape index (κ2) is 8.88. The highest BCUT2D eigenvalue weighted by Gasteiger charge is 2.28. The topological polar surface area (TPSA) is 70.6 Å². The van der Waals surface area contributed by atoms with E-state index in [-0.39, 0.29) is 16.7 Å². The van der Waals surface area contributed by atoms with Crippen LogP contribution in [-0.2, 0) is 21.4 Å². The van der Waals surface area contributed by atoms with Crippen molar-refractivity contribution in [3.8, 4) is 0 Å². The van der Waals surface area contributed by atoms with E-state index < -0.39 is 10.0 Å². The summed E-state index contributed by atoms with van der Waals surface area (Å²) >= 11 is 2.56. The van der Waals surface area contributed by atoms with Crippen molar-refractivity contribution in [3.63, 3.8) is 0 Å². The first-order valence-electron chi connectivity index (χ1n) is 9.56. The van der Waals surface area contributed by atoms with Crippen LogP contribution in [0.4, 0.5) is 5.13 Å². The van der Waals surface area contributed by atoms with Crippen LogP contribution in [0.5, 0.6) is 0 Å². The van der Waals surface area contributed by atoms with Crippen molar-refractivity contribution in [2.24, 2.45) is 0 Å². The summed E-state index contributed by atoms with van der Waals surface area (Å²) in [5, 5.41) is 2.26. The fourth-order valence-electron chi connectivity index (χ4n) is 3.14. The fourth-order valence-corrected chi connectivity index (χ4v) is 6.52. The highest BCUT2D eigenvalue weighted by Crippen LogP contribution is 2.32. The Morgan fingerprint density at radius 2 is 1.81 bits per heavy atom. The number of benzene rings is 2. The molecule has 0 saturated carbocycles. The lowest BCUT2D eigenvalue weighted by Crippen LogP contribution is -2.40. The molecule has 0 unspecified atom stereocenters. The molecule has 2 heterocycles. The third-order valence-electron chi connectivity index (χ3n) is 4.84. The Labute approximate surface area is 189 Å². The number of anilines is 1. The minimum atomic E-state index is -3.72. The number of aromatic nitrogens is 1. The van der Waals surface area contributed by atoms with Crippen molar-refractivity contribution in [1.29, 1.82) is 0 Å². The third-order valence-corrected chi connectivity index (χ3v) is 9.06. The average Bonchev–Trinajstić information content (AvgIpc) is 3.43. The van der Waals surface area contributed by atoms with Gasteiger partial charge in [0.05, 0.1) is 23.3 Å². The normalized spacial score (nSPS) is 11.8. The molecule has 0 aliphatic heterocycles. The van der Waals surface area contributed by atoms with E-state index in [2.05, 4.69) is 0 Å². The van der Waals surface area contributed by atoms with Gasteiger partial charge in [0, 0.05) is 7.05 Å². The molecule has 1 amide bonds.